The Hall–Kier alpha value is -2.13. The maximum atomic E-state index is 13.3. The molecule has 2 atom stereocenters. The first-order chi connectivity index (χ1) is 15.3. The van der Waals surface area contributed by atoms with Crippen molar-refractivity contribution < 1.29 is 22.7 Å². The maximum absolute atomic E-state index is 13.3. The molecule has 3 aliphatic heterocycles. The Balaban J connectivity index is 1.62. The Labute approximate surface area is 190 Å². The van der Waals surface area contributed by atoms with Crippen LogP contribution in [0.15, 0.2) is 23.1 Å². The Bertz CT molecular complexity index is 962. The van der Waals surface area contributed by atoms with Crippen molar-refractivity contribution in [2.45, 2.75) is 75.8 Å². The fourth-order valence-electron chi connectivity index (χ4n) is 5.08. The zero-order chi connectivity index (χ0) is 22.9. The summed E-state index contributed by atoms with van der Waals surface area (Å²) in [7, 11) is -3.68. The maximum Gasteiger partial charge on any atom is 0.265 e. The van der Waals surface area contributed by atoms with Gasteiger partial charge in [0.2, 0.25) is 15.9 Å². The lowest BCUT2D eigenvalue weighted by Gasteiger charge is -2.40. The van der Waals surface area contributed by atoms with Crippen LogP contribution in [0.5, 0.6) is 5.75 Å². The number of ether oxygens (including phenoxy) is 1. The highest BCUT2D eigenvalue weighted by molar-refractivity contribution is 7.89. The number of carbonyl (C=O) groups is 2. The molecule has 2 fully saturated rings. The van der Waals surface area contributed by atoms with Gasteiger partial charge in [0, 0.05) is 25.2 Å². The minimum Gasteiger partial charge on any atom is -0.482 e. The number of fused-ring (bicyclic) bond motifs is 1. The van der Waals surface area contributed by atoms with Crippen LogP contribution in [-0.2, 0) is 19.6 Å². The minimum atomic E-state index is -3.68. The summed E-state index contributed by atoms with van der Waals surface area (Å²) in [5, 5.41) is 0. The monoisotopic (exact) mass is 463 g/mol. The van der Waals surface area contributed by atoms with E-state index in [0.29, 0.717) is 24.5 Å². The normalized spacial score (nSPS) is 25.1. The average Bonchev–Trinajstić information content (AvgIpc) is 3.05. The molecule has 1 aromatic rings. The van der Waals surface area contributed by atoms with E-state index >= 15 is 0 Å². The lowest BCUT2D eigenvalue weighted by atomic mass is 9.97. The minimum absolute atomic E-state index is 0.114. The lowest BCUT2D eigenvalue weighted by Crippen LogP contribution is -2.53. The van der Waals surface area contributed by atoms with Crippen LogP contribution in [0, 0.1) is 0 Å². The summed E-state index contributed by atoms with van der Waals surface area (Å²) in [4.78, 5) is 29.3. The van der Waals surface area contributed by atoms with Crippen molar-refractivity contribution in [1.82, 2.24) is 9.21 Å². The van der Waals surface area contributed by atoms with Gasteiger partial charge < -0.3 is 9.64 Å². The number of sulfonamides is 1. The number of hydrogen-bond donors (Lipinski definition) is 0. The second-order valence-electron chi connectivity index (χ2n) is 9.15. The van der Waals surface area contributed by atoms with Gasteiger partial charge in [0.05, 0.1) is 10.6 Å². The SMILES string of the molecule is CC1CCCC(C)N1C(=O)CN1C(=O)COc2ccc(S(=O)(=O)N3CCCCCC3)cc21. The Morgan fingerprint density at radius 3 is 2.34 bits per heavy atom. The molecule has 176 valence electrons. The van der Waals surface area contributed by atoms with Crippen LogP contribution in [0.25, 0.3) is 0 Å². The van der Waals surface area contributed by atoms with Gasteiger partial charge in [0.25, 0.3) is 5.91 Å². The molecule has 2 amide bonds. The fourth-order valence-corrected chi connectivity index (χ4v) is 6.61. The number of hydrogen-bond acceptors (Lipinski definition) is 5. The van der Waals surface area contributed by atoms with Crippen LogP contribution in [0.4, 0.5) is 5.69 Å². The second-order valence-corrected chi connectivity index (χ2v) is 11.1. The van der Waals surface area contributed by atoms with Gasteiger partial charge in [-0.05, 0) is 64.2 Å². The van der Waals surface area contributed by atoms with Crippen molar-refractivity contribution in [3.8, 4) is 5.75 Å². The second kappa shape index (κ2) is 9.39. The molecule has 2 unspecified atom stereocenters. The van der Waals surface area contributed by atoms with Crippen molar-refractivity contribution in [3.63, 3.8) is 0 Å². The Morgan fingerprint density at radius 1 is 1.03 bits per heavy atom. The molecule has 0 N–H and O–H groups in total. The predicted octanol–water partition coefficient (Wildman–Crippen LogP) is 2.77. The van der Waals surface area contributed by atoms with Crippen molar-refractivity contribution >= 4 is 27.5 Å². The van der Waals surface area contributed by atoms with E-state index in [1.54, 1.807) is 6.07 Å². The molecular weight excluding hydrogens is 430 g/mol. The highest BCUT2D eigenvalue weighted by Crippen LogP contribution is 2.35. The van der Waals surface area contributed by atoms with Gasteiger partial charge >= 0.3 is 0 Å². The first-order valence-electron chi connectivity index (χ1n) is 11.7. The summed E-state index contributed by atoms with van der Waals surface area (Å²) in [6.45, 7) is 4.80. The van der Waals surface area contributed by atoms with Crippen molar-refractivity contribution in [3.05, 3.63) is 18.2 Å². The number of carbonyl (C=O) groups excluding carboxylic acids is 2. The Morgan fingerprint density at radius 2 is 1.69 bits per heavy atom. The third-order valence-electron chi connectivity index (χ3n) is 6.85. The first kappa shape index (κ1) is 23.0. The molecule has 3 heterocycles. The predicted molar refractivity (Wildman–Crippen MR) is 121 cm³/mol. The molecule has 3 aliphatic rings. The van der Waals surface area contributed by atoms with Gasteiger partial charge in [-0.2, -0.15) is 4.31 Å². The molecule has 0 aromatic heterocycles. The van der Waals surface area contributed by atoms with Crippen molar-refractivity contribution in [2.24, 2.45) is 0 Å². The highest BCUT2D eigenvalue weighted by atomic mass is 32.2. The summed E-state index contributed by atoms with van der Waals surface area (Å²) in [5.41, 5.74) is 0.350. The molecule has 0 bridgehead atoms. The molecule has 0 spiro atoms. The molecule has 2 saturated heterocycles. The number of benzene rings is 1. The number of piperidine rings is 1. The van der Waals surface area contributed by atoms with E-state index in [-0.39, 0.29) is 41.9 Å². The van der Waals surface area contributed by atoms with Crippen LogP contribution >= 0.6 is 0 Å². The number of anilines is 1. The van der Waals surface area contributed by atoms with E-state index in [4.69, 9.17) is 4.74 Å². The quantitative estimate of drug-likeness (QED) is 0.685. The number of likely N-dealkylation sites (tertiary alicyclic amines) is 1. The summed E-state index contributed by atoms with van der Waals surface area (Å²) >= 11 is 0. The van der Waals surface area contributed by atoms with Gasteiger partial charge in [0.15, 0.2) is 6.61 Å². The fraction of sp³-hybridized carbons (Fsp3) is 0.652. The lowest BCUT2D eigenvalue weighted by molar-refractivity contribution is -0.137. The van der Waals surface area contributed by atoms with E-state index in [9.17, 15) is 18.0 Å². The largest absolute Gasteiger partial charge is 0.482 e. The van der Waals surface area contributed by atoms with Gasteiger partial charge in [-0.3, -0.25) is 14.5 Å². The molecule has 32 heavy (non-hydrogen) atoms. The van der Waals surface area contributed by atoms with Gasteiger partial charge in [-0.25, -0.2) is 8.42 Å². The molecular formula is C23H33N3O5S. The number of rotatable bonds is 4. The van der Waals surface area contributed by atoms with Crippen LogP contribution in [0.3, 0.4) is 0 Å². The number of nitrogens with zero attached hydrogens (tertiary/aromatic N) is 3. The third kappa shape index (κ3) is 4.50. The van der Waals surface area contributed by atoms with Crippen LogP contribution < -0.4 is 9.64 Å². The van der Waals surface area contributed by atoms with E-state index < -0.39 is 10.0 Å². The smallest absolute Gasteiger partial charge is 0.265 e. The molecule has 0 saturated carbocycles. The van der Waals surface area contributed by atoms with Crippen LogP contribution in [0.2, 0.25) is 0 Å². The van der Waals surface area contributed by atoms with Gasteiger partial charge in [-0.15, -0.1) is 0 Å². The molecule has 8 nitrogen and oxygen atoms in total. The van der Waals surface area contributed by atoms with Gasteiger partial charge in [0.1, 0.15) is 12.3 Å². The highest BCUT2D eigenvalue weighted by Gasteiger charge is 2.35. The molecule has 0 aliphatic carbocycles. The van der Waals surface area contributed by atoms with E-state index in [1.807, 2.05) is 18.7 Å². The topological polar surface area (TPSA) is 87.2 Å². The average molecular weight is 464 g/mol. The molecule has 1 aromatic carbocycles. The zero-order valence-electron chi connectivity index (χ0n) is 19.0. The molecule has 0 radical (unpaired) electrons. The van der Waals surface area contributed by atoms with Crippen LogP contribution in [-0.4, -0.2) is 67.8 Å². The van der Waals surface area contributed by atoms with Crippen molar-refractivity contribution in [1.29, 1.82) is 0 Å². The zero-order valence-corrected chi connectivity index (χ0v) is 19.8. The number of amides is 2. The van der Waals surface area contributed by atoms with Gasteiger partial charge in [-0.1, -0.05) is 12.8 Å². The molecule has 9 heteroatoms. The molecule has 4 rings (SSSR count). The summed E-state index contributed by atoms with van der Waals surface area (Å²) in [6.07, 6.45) is 6.73. The summed E-state index contributed by atoms with van der Waals surface area (Å²) in [6, 6.07) is 4.86. The van der Waals surface area contributed by atoms with E-state index in [1.165, 1.54) is 21.3 Å². The van der Waals surface area contributed by atoms with Crippen molar-refractivity contribution in [2.75, 3.05) is 31.1 Å². The van der Waals surface area contributed by atoms with E-state index in [0.717, 1.165) is 44.9 Å². The third-order valence-corrected chi connectivity index (χ3v) is 8.75. The standard InChI is InChI=1S/C23H33N3O5S/c1-17-8-7-9-18(2)26(17)22(27)15-25-20-14-19(10-11-21(20)31-16-23(25)28)32(29,30)24-12-5-3-4-6-13-24/h10-11,14,17-18H,3-9,12-13,15-16H2,1-2H3. The summed E-state index contributed by atoms with van der Waals surface area (Å²) < 4.78 is 33.6. The summed E-state index contributed by atoms with van der Waals surface area (Å²) in [5.74, 6) is -0.0360. The Kier molecular flexibility index (Phi) is 6.76. The first-order valence-corrected chi connectivity index (χ1v) is 13.1. The van der Waals surface area contributed by atoms with Crippen LogP contribution in [0.1, 0.15) is 58.8 Å². The van der Waals surface area contributed by atoms with E-state index in [2.05, 4.69) is 0 Å².